The molecule has 2 aliphatic rings. The molecule has 0 radical (unpaired) electrons. The monoisotopic (exact) mass is 338 g/mol. The SMILES string of the molecule is C=CC[C@]1(O)C(=O)[C@]2(Cl)[C@H](OCC)C[C@@]1(Cl)C2(OC)OC. The molecule has 0 aromatic carbocycles. The molecule has 2 fully saturated rings. The fraction of sp³-hybridized carbons (Fsp3) is 0.786. The predicted octanol–water partition coefficient (Wildman–Crippen LogP) is 1.63. The summed E-state index contributed by atoms with van der Waals surface area (Å²) < 4.78 is 16.5. The predicted molar refractivity (Wildman–Crippen MR) is 78.7 cm³/mol. The number of alkyl halides is 2. The Bertz CT molecular complexity index is 466. The first-order valence-corrected chi connectivity index (χ1v) is 7.49. The van der Waals surface area contributed by atoms with E-state index >= 15 is 0 Å². The van der Waals surface area contributed by atoms with Crippen molar-refractivity contribution in [2.75, 3.05) is 20.8 Å². The average Bonchev–Trinajstić information content (AvgIpc) is 2.70. The summed E-state index contributed by atoms with van der Waals surface area (Å²) in [6.07, 6.45) is 0.800. The summed E-state index contributed by atoms with van der Waals surface area (Å²) in [5.41, 5.74) is -1.92. The maximum Gasteiger partial charge on any atom is 0.220 e. The van der Waals surface area contributed by atoms with Crippen LogP contribution in [0, 0.1) is 0 Å². The van der Waals surface area contributed by atoms with Gasteiger partial charge in [-0.15, -0.1) is 29.8 Å². The maximum absolute atomic E-state index is 12.9. The number of hydrogen-bond donors (Lipinski definition) is 1. The number of carbonyl (C=O) groups excluding carboxylic acids is 1. The Balaban J connectivity index is 2.68. The summed E-state index contributed by atoms with van der Waals surface area (Å²) in [5.74, 6) is -2.34. The third-order valence-electron chi connectivity index (χ3n) is 4.66. The summed E-state index contributed by atoms with van der Waals surface area (Å²) in [6.45, 7) is 5.71. The lowest BCUT2D eigenvalue weighted by atomic mass is 9.78. The summed E-state index contributed by atoms with van der Waals surface area (Å²) in [5, 5.41) is 10.9. The molecule has 0 spiro atoms. The fourth-order valence-corrected chi connectivity index (χ4v) is 5.06. The molecule has 2 bridgehead atoms. The van der Waals surface area contributed by atoms with E-state index in [1.807, 2.05) is 0 Å². The Morgan fingerprint density at radius 2 is 2.00 bits per heavy atom. The highest BCUT2D eigenvalue weighted by molar-refractivity contribution is 6.45. The normalized spacial score (nSPS) is 44.3. The minimum absolute atomic E-state index is 0.0445. The molecule has 0 aliphatic heterocycles. The third-order valence-corrected chi connectivity index (χ3v) is 6.03. The topological polar surface area (TPSA) is 65.0 Å². The Hall–Kier alpha value is -0.170. The molecule has 0 unspecified atom stereocenters. The van der Waals surface area contributed by atoms with E-state index < -0.39 is 33.0 Å². The molecule has 0 aromatic rings. The molecule has 1 N–H and O–H groups in total. The smallest absolute Gasteiger partial charge is 0.220 e. The first kappa shape index (κ1) is 17.2. The van der Waals surface area contributed by atoms with Gasteiger partial charge in [0.15, 0.2) is 16.3 Å². The van der Waals surface area contributed by atoms with E-state index in [9.17, 15) is 9.90 Å². The molecule has 4 atom stereocenters. The van der Waals surface area contributed by atoms with E-state index in [1.54, 1.807) is 6.92 Å². The van der Waals surface area contributed by atoms with Crippen molar-refractivity contribution in [3.05, 3.63) is 12.7 Å². The second-order valence-electron chi connectivity index (χ2n) is 5.37. The zero-order chi connectivity index (χ0) is 16.1. The number of fused-ring (bicyclic) bond motifs is 2. The van der Waals surface area contributed by atoms with Crippen LogP contribution in [0.15, 0.2) is 12.7 Å². The number of rotatable bonds is 6. The van der Waals surface area contributed by atoms with Gasteiger partial charge >= 0.3 is 0 Å². The first-order valence-electron chi connectivity index (χ1n) is 6.73. The number of hydrogen-bond acceptors (Lipinski definition) is 5. The highest BCUT2D eigenvalue weighted by Gasteiger charge is 2.90. The minimum atomic E-state index is -1.92. The van der Waals surface area contributed by atoms with Crippen LogP contribution in [0.1, 0.15) is 19.8 Å². The van der Waals surface area contributed by atoms with Crippen molar-refractivity contribution < 1.29 is 24.1 Å². The molecule has 21 heavy (non-hydrogen) atoms. The second kappa shape index (κ2) is 5.18. The van der Waals surface area contributed by atoms with Gasteiger partial charge in [-0.3, -0.25) is 4.79 Å². The van der Waals surface area contributed by atoms with Gasteiger partial charge < -0.3 is 19.3 Å². The number of aliphatic hydroxyl groups is 1. The lowest BCUT2D eigenvalue weighted by molar-refractivity contribution is -0.233. The number of methoxy groups -OCH3 is 2. The van der Waals surface area contributed by atoms with Gasteiger partial charge in [-0.25, -0.2) is 0 Å². The van der Waals surface area contributed by atoms with Gasteiger partial charge in [-0.1, -0.05) is 6.08 Å². The molecule has 0 aromatic heterocycles. The van der Waals surface area contributed by atoms with Crippen molar-refractivity contribution in [2.45, 2.75) is 47.0 Å². The molecule has 7 heteroatoms. The standard InChI is InChI=1S/C14H20Cl2O5/c1-5-7-11(18)10(17)13(16)9(21-6-2)8-12(11,15)14(13,19-3)20-4/h5,9,18H,1,6-8H2,2-4H3/t9-,11+,12+,13-/m1/s1. The van der Waals surface area contributed by atoms with Gasteiger partial charge in [-0.2, -0.15) is 0 Å². The van der Waals surface area contributed by atoms with E-state index in [0.29, 0.717) is 6.61 Å². The highest BCUT2D eigenvalue weighted by atomic mass is 35.5. The van der Waals surface area contributed by atoms with Crippen LogP contribution >= 0.6 is 23.2 Å². The minimum Gasteiger partial charge on any atom is -0.380 e. The summed E-state index contributed by atoms with van der Waals surface area (Å²) in [6, 6.07) is 0. The molecular formula is C14H20Cl2O5. The number of halogens is 2. The molecule has 2 rings (SSSR count). The summed E-state index contributed by atoms with van der Waals surface area (Å²) in [7, 11) is 2.69. The van der Waals surface area contributed by atoms with Gasteiger partial charge in [0.25, 0.3) is 0 Å². The van der Waals surface area contributed by atoms with Gasteiger partial charge in [0.05, 0.1) is 6.10 Å². The molecule has 0 amide bonds. The van der Waals surface area contributed by atoms with E-state index in [0.717, 1.165) is 0 Å². The van der Waals surface area contributed by atoms with E-state index in [1.165, 1.54) is 20.3 Å². The number of Topliss-reactive ketones (excluding diaryl/α,β-unsaturated/α-hetero) is 1. The van der Waals surface area contributed by atoms with Crippen LogP contribution in [-0.4, -0.2) is 59.0 Å². The van der Waals surface area contributed by atoms with Crippen molar-refractivity contribution in [3.8, 4) is 0 Å². The van der Waals surface area contributed by atoms with Crippen molar-refractivity contribution in [3.63, 3.8) is 0 Å². The van der Waals surface area contributed by atoms with Crippen LogP contribution < -0.4 is 0 Å². The number of ketones is 1. The van der Waals surface area contributed by atoms with Crippen LogP contribution in [-0.2, 0) is 19.0 Å². The number of ether oxygens (including phenoxy) is 3. The van der Waals surface area contributed by atoms with Gasteiger partial charge in [0.2, 0.25) is 5.79 Å². The largest absolute Gasteiger partial charge is 0.380 e. The van der Waals surface area contributed by atoms with Crippen molar-refractivity contribution in [1.29, 1.82) is 0 Å². The maximum atomic E-state index is 12.9. The fourth-order valence-electron chi connectivity index (χ4n) is 3.79. The quantitative estimate of drug-likeness (QED) is 0.453. The third kappa shape index (κ3) is 1.60. The number of carbonyl (C=O) groups is 1. The van der Waals surface area contributed by atoms with Crippen molar-refractivity contribution >= 4 is 29.0 Å². The van der Waals surface area contributed by atoms with Gasteiger partial charge in [0, 0.05) is 33.7 Å². The zero-order valence-corrected chi connectivity index (χ0v) is 13.8. The van der Waals surface area contributed by atoms with E-state index in [4.69, 9.17) is 37.4 Å². The Kier molecular flexibility index (Phi) is 4.24. The molecule has 5 nitrogen and oxygen atoms in total. The van der Waals surface area contributed by atoms with Crippen LogP contribution in [0.4, 0.5) is 0 Å². The Labute approximate surface area is 134 Å². The van der Waals surface area contributed by atoms with E-state index in [2.05, 4.69) is 6.58 Å². The van der Waals surface area contributed by atoms with Crippen LogP contribution in [0.3, 0.4) is 0 Å². The summed E-state index contributed by atoms with van der Waals surface area (Å²) >= 11 is 13.3. The first-order chi connectivity index (χ1) is 9.75. The van der Waals surface area contributed by atoms with Gasteiger partial charge in [-0.05, 0) is 6.92 Å². The average molecular weight is 339 g/mol. The Morgan fingerprint density at radius 3 is 2.43 bits per heavy atom. The second-order valence-corrected chi connectivity index (χ2v) is 6.61. The van der Waals surface area contributed by atoms with Gasteiger partial charge in [0.1, 0.15) is 4.87 Å². The molecule has 0 heterocycles. The Morgan fingerprint density at radius 1 is 1.43 bits per heavy atom. The molecule has 2 saturated carbocycles. The lowest BCUT2D eigenvalue weighted by Crippen LogP contribution is -2.60. The molecule has 120 valence electrons. The van der Waals surface area contributed by atoms with Crippen LogP contribution in [0.5, 0.6) is 0 Å². The zero-order valence-electron chi connectivity index (χ0n) is 12.3. The highest BCUT2D eigenvalue weighted by Crippen LogP contribution is 2.68. The summed E-state index contributed by atoms with van der Waals surface area (Å²) in [4.78, 5) is 9.59. The molecular weight excluding hydrogens is 319 g/mol. The van der Waals surface area contributed by atoms with Crippen molar-refractivity contribution in [2.24, 2.45) is 0 Å². The lowest BCUT2D eigenvalue weighted by Gasteiger charge is -2.41. The van der Waals surface area contributed by atoms with E-state index in [-0.39, 0.29) is 12.8 Å². The van der Waals surface area contributed by atoms with Crippen LogP contribution in [0.25, 0.3) is 0 Å². The van der Waals surface area contributed by atoms with Crippen molar-refractivity contribution in [1.82, 2.24) is 0 Å². The molecule has 0 saturated heterocycles. The molecule has 2 aliphatic carbocycles. The van der Waals surface area contributed by atoms with Crippen LogP contribution in [0.2, 0.25) is 0 Å².